The number of carbonyl (C=O) groups is 1. The van der Waals surface area contributed by atoms with Gasteiger partial charge in [-0.1, -0.05) is 17.3 Å². The summed E-state index contributed by atoms with van der Waals surface area (Å²) in [4.78, 5) is 16.3. The van der Waals surface area contributed by atoms with Crippen LogP contribution < -0.4 is 10.1 Å². The molecule has 0 aliphatic carbocycles. The summed E-state index contributed by atoms with van der Waals surface area (Å²) in [6.45, 7) is 0. The van der Waals surface area contributed by atoms with Gasteiger partial charge in [-0.2, -0.15) is 4.98 Å². The zero-order valence-electron chi connectivity index (χ0n) is 12.1. The van der Waals surface area contributed by atoms with Gasteiger partial charge >= 0.3 is 6.01 Å². The molecule has 1 aromatic heterocycles. The molecular formula is C16H12IN3O3. The lowest BCUT2D eigenvalue weighted by molar-refractivity contribution is 0.102. The fourth-order valence-corrected chi connectivity index (χ4v) is 2.26. The van der Waals surface area contributed by atoms with Gasteiger partial charge in [0.25, 0.3) is 5.91 Å². The topological polar surface area (TPSA) is 77.2 Å². The minimum Gasteiger partial charge on any atom is -0.497 e. The first kappa shape index (κ1) is 15.5. The van der Waals surface area contributed by atoms with Gasteiger partial charge in [0.1, 0.15) is 5.75 Å². The zero-order chi connectivity index (χ0) is 16.2. The van der Waals surface area contributed by atoms with Gasteiger partial charge in [-0.15, -0.1) is 0 Å². The van der Waals surface area contributed by atoms with Crippen molar-refractivity contribution in [3.05, 3.63) is 57.7 Å². The highest BCUT2D eigenvalue weighted by Gasteiger charge is 2.13. The van der Waals surface area contributed by atoms with Crippen LogP contribution in [0.5, 0.6) is 5.75 Å². The molecule has 7 heteroatoms. The van der Waals surface area contributed by atoms with E-state index in [0.717, 1.165) is 9.13 Å². The van der Waals surface area contributed by atoms with Crippen molar-refractivity contribution in [2.75, 3.05) is 12.4 Å². The predicted molar refractivity (Wildman–Crippen MR) is 93.4 cm³/mol. The van der Waals surface area contributed by atoms with E-state index in [2.05, 4.69) is 38.0 Å². The molecule has 0 bridgehead atoms. The molecule has 6 nitrogen and oxygen atoms in total. The van der Waals surface area contributed by atoms with E-state index >= 15 is 0 Å². The second-order valence-electron chi connectivity index (χ2n) is 4.61. The molecule has 0 spiro atoms. The number of nitrogens with zero attached hydrogens (tertiary/aromatic N) is 2. The Balaban J connectivity index is 1.73. The Labute approximate surface area is 146 Å². The number of anilines is 1. The van der Waals surface area contributed by atoms with Gasteiger partial charge in [-0.05, 0) is 59.0 Å². The summed E-state index contributed by atoms with van der Waals surface area (Å²) in [5.74, 6) is 0.775. The average molecular weight is 421 g/mol. The Morgan fingerprint density at radius 3 is 2.48 bits per heavy atom. The van der Waals surface area contributed by atoms with Crippen molar-refractivity contribution in [1.82, 2.24) is 10.1 Å². The minimum atomic E-state index is -0.328. The van der Waals surface area contributed by atoms with Crippen LogP contribution in [0.3, 0.4) is 0 Å². The first-order chi connectivity index (χ1) is 11.2. The summed E-state index contributed by atoms with van der Waals surface area (Å²) in [5, 5.41) is 6.44. The summed E-state index contributed by atoms with van der Waals surface area (Å²) >= 11 is 2.22. The largest absolute Gasteiger partial charge is 0.497 e. The summed E-state index contributed by atoms with van der Waals surface area (Å²) < 4.78 is 11.2. The van der Waals surface area contributed by atoms with Gasteiger partial charge in [0.15, 0.2) is 0 Å². The zero-order valence-corrected chi connectivity index (χ0v) is 14.3. The molecule has 0 fully saturated rings. The third-order valence-corrected chi connectivity index (χ3v) is 3.82. The second kappa shape index (κ2) is 6.78. The van der Waals surface area contributed by atoms with E-state index in [0.29, 0.717) is 17.1 Å². The quantitative estimate of drug-likeness (QED) is 0.652. The molecule has 116 valence electrons. The van der Waals surface area contributed by atoms with Crippen molar-refractivity contribution >= 4 is 34.5 Å². The number of carbonyl (C=O) groups excluding carboxylic acids is 1. The summed E-state index contributed by atoms with van der Waals surface area (Å²) in [5.41, 5.74) is 1.29. The van der Waals surface area contributed by atoms with Gasteiger partial charge in [0.2, 0.25) is 5.82 Å². The van der Waals surface area contributed by atoms with Crippen molar-refractivity contribution < 1.29 is 14.1 Å². The number of benzene rings is 2. The lowest BCUT2D eigenvalue weighted by atomic mass is 10.2. The Kier molecular flexibility index (Phi) is 4.56. The van der Waals surface area contributed by atoms with Crippen molar-refractivity contribution in [1.29, 1.82) is 0 Å². The summed E-state index contributed by atoms with van der Waals surface area (Å²) in [6, 6.07) is 14.5. The minimum absolute atomic E-state index is 0.0550. The van der Waals surface area contributed by atoms with Crippen LogP contribution in [0, 0.1) is 3.57 Å². The number of ether oxygens (including phenoxy) is 1. The maximum atomic E-state index is 12.1. The number of rotatable bonds is 4. The molecule has 23 heavy (non-hydrogen) atoms. The Morgan fingerprint density at radius 1 is 1.13 bits per heavy atom. The van der Waals surface area contributed by atoms with Crippen LogP contribution in [-0.2, 0) is 0 Å². The molecule has 0 saturated carbocycles. The fraction of sp³-hybridized carbons (Fsp3) is 0.0625. The average Bonchev–Trinajstić information content (AvgIpc) is 3.04. The van der Waals surface area contributed by atoms with Crippen LogP contribution in [0.15, 0.2) is 53.1 Å². The maximum absolute atomic E-state index is 12.1. The molecular weight excluding hydrogens is 409 g/mol. The number of nitrogens with one attached hydrogen (secondary N) is 1. The Morgan fingerprint density at radius 2 is 1.83 bits per heavy atom. The van der Waals surface area contributed by atoms with E-state index in [1.807, 2.05) is 24.3 Å². The van der Waals surface area contributed by atoms with Crippen LogP contribution in [0.25, 0.3) is 11.4 Å². The number of halogens is 1. The van der Waals surface area contributed by atoms with Gasteiger partial charge in [0.05, 0.1) is 7.11 Å². The molecule has 1 amide bonds. The van der Waals surface area contributed by atoms with Crippen LogP contribution in [0.1, 0.15) is 10.4 Å². The molecule has 0 atom stereocenters. The van der Waals surface area contributed by atoms with Gasteiger partial charge in [-0.25, -0.2) is 0 Å². The third-order valence-electron chi connectivity index (χ3n) is 3.10. The number of aromatic nitrogens is 2. The fourth-order valence-electron chi connectivity index (χ4n) is 1.90. The van der Waals surface area contributed by atoms with Gasteiger partial charge in [-0.3, -0.25) is 10.1 Å². The molecule has 1 N–H and O–H groups in total. The molecule has 0 aliphatic rings. The number of hydrogen-bond acceptors (Lipinski definition) is 5. The predicted octanol–water partition coefficient (Wildman–Crippen LogP) is 3.60. The van der Waals surface area contributed by atoms with E-state index in [1.165, 1.54) is 0 Å². The summed E-state index contributed by atoms with van der Waals surface area (Å²) in [7, 11) is 1.57. The Hall–Kier alpha value is -2.42. The lowest BCUT2D eigenvalue weighted by Gasteiger charge is -2.02. The molecule has 0 radical (unpaired) electrons. The Bertz CT molecular complexity index is 813. The lowest BCUT2D eigenvalue weighted by Crippen LogP contribution is -2.11. The first-order valence-corrected chi connectivity index (χ1v) is 7.78. The van der Waals surface area contributed by atoms with E-state index in [1.54, 1.807) is 31.4 Å². The second-order valence-corrected chi connectivity index (χ2v) is 5.86. The van der Waals surface area contributed by atoms with Gasteiger partial charge in [0, 0.05) is 14.7 Å². The van der Waals surface area contributed by atoms with Crippen molar-refractivity contribution in [3.8, 4) is 17.1 Å². The standard InChI is InChI=1S/C16H12IN3O3/c1-22-13-8-4-11(5-9-13)15(21)19-16-18-14(20-23-16)10-2-6-12(17)7-3-10/h2-9H,1H3,(H,18,19,20,21). The highest BCUT2D eigenvalue weighted by molar-refractivity contribution is 14.1. The van der Waals surface area contributed by atoms with Crippen molar-refractivity contribution in [2.45, 2.75) is 0 Å². The molecule has 1 heterocycles. The highest BCUT2D eigenvalue weighted by Crippen LogP contribution is 2.19. The van der Waals surface area contributed by atoms with E-state index in [4.69, 9.17) is 9.26 Å². The van der Waals surface area contributed by atoms with Crippen LogP contribution in [-0.4, -0.2) is 23.2 Å². The number of hydrogen-bond donors (Lipinski definition) is 1. The molecule has 0 unspecified atom stereocenters. The maximum Gasteiger partial charge on any atom is 0.328 e. The van der Waals surface area contributed by atoms with Crippen LogP contribution >= 0.6 is 22.6 Å². The monoisotopic (exact) mass is 421 g/mol. The van der Waals surface area contributed by atoms with Gasteiger partial charge < -0.3 is 9.26 Å². The SMILES string of the molecule is COc1ccc(C(=O)Nc2nc(-c3ccc(I)cc3)no2)cc1. The highest BCUT2D eigenvalue weighted by atomic mass is 127. The molecule has 3 rings (SSSR count). The third kappa shape index (κ3) is 3.67. The van der Waals surface area contributed by atoms with E-state index < -0.39 is 0 Å². The number of methoxy groups -OCH3 is 1. The van der Waals surface area contributed by atoms with E-state index in [-0.39, 0.29) is 11.9 Å². The molecule has 0 saturated heterocycles. The van der Waals surface area contributed by atoms with Crippen LogP contribution in [0.2, 0.25) is 0 Å². The molecule has 0 aliphatic heterocycles. The number of amides is 1. The first-order valence-electron chi connectivity index (χ1n) is 6.71. The van der Waals surface area contributed by atoms with Crippen molar-refractivity contribution in [2.24, 2.45) is 0 Å². The summed E-state index contributed by atoms with van der Waals surface area (Å²) in [6.07, 6.45) is 0. The van der Waals surface area contributed by atoms with Crippen LogP contribution in [0.4, 0.5) is 6.01 Å². The van der Waals surface area contributed by atoms with E-state index in [9.17, 15) is 4.79 Å². The van der Waals surface area contributed by atoms with Crippen molar-refractivity contribution in [3.63, 3.8) is 0 Å². The molecule has 2 aromatic carbocycles. The molecule has 3 aromatic rings. The normalized spacial score (nSPS) is 10.3. The smallest absolute Gasteiger partial charge is 0.328 e.